The molecule has 0 spiro atoms. The summed E-state index contributed by atoms with van der Waals surface area (Å²) in [6, 6.07) is 7.33. The topological polar surface area (TPSA) is 86.8 Å². The Labute approximate surface area is 220 Å². The van der Waals surface area contributed by atoms with Crippen LogP contribution in [0.5, 0.6) is 0 Å². The fourth-order valence-electron chi connectivity index (χ4n) is 3.23. The first-order valence-corrected chi connectivity index (χ1v) is 13.8. The van der Waals surface area contributed by atoms with E-state index in [4.69, 9.17) is 34.8 Å². The number of unbranched alkanes of at least 4 members (excludes halogenated alkanes) is 1. The van der Waals surface area contributed by atoms with Crippen molar-refractivity contribution in [3.8, 4) is 0 Å². The largest absolute Gasteiger partial charge is 0.354 e. The van der Waals surface area contributed by atoms with Crippen LogP contribution in [0.1, 0.15) is 32.3 Å². The zero-order valence-electron chi connectivity index (χ0n) is 19.5. The van der Waals surface area contributed by atoms with Gasteiger partial charge in [0.15, 0.2) is 0 Å². The van der Waals surface area contributed by atoms with Crippen LogP contribution in [0.3, 0.4) is 0 Å². The number of nitrogens with one attached hydrogen (secondary N) is 1. The minimum Gasteiger partial charge on any atom is -0.354 e. The Morgan fingerprint density at radius 1 is 1.09 bits per heavy atom. The molecular weight excluding hydrogens is 540 g/mol. The monoisotopic (exact) mass is 565 g/mol. The van der Waals surface area contributed by atoms with Crippen molar-refractivity contribution in [2.75, 3.05) is 23.7 Å². The Balaban J connectivity index is 2.43. The number of anilines is 1. The molecule has 0 radical (unpaired) electrons. The number of rotatable bonds is 11. The van der Waals surface area contributed by atoms with Gasteiger partial charge in [0.25, 0.3) is 0 Å². The highest BCUT2D eigenvalue weighted by molar-refractivity contribution is 7.92. The van der Waals surface area contributed by atoms with Crippen molar-refractivity contribution in [3.63, 3.8) is 0 Å². The molecule has 2 rings (SSSR count). The number of halogens is 4. The smallest absolute Gasteiger partial charge is 0.244 e. The molecule has 0 aromatic heterocycles. The third-order valence-electron chi connectivity index (χ3n) is 5.23. The van der Waals surface area contributed by atoms with E-state index < -0.39 is 40.2 Å². The molecule has 0 aliphatic rings. The number of sulfonamides is 1. The minimum absolute atomic E-state index is 0.0383. The molecular formula is C23H27Cl3FN3O4S. The summed E-state index contributed by atoms with van der Waals surface area (Å²) in [4.78, 5) is 27.3. The van der Waals surface area contributed by atoms with Crippen molar-refractivity contribution in [1.82, 2.24) is 10.2 Å². The first-order chi connectivity index (χ1) is 16.4. The van der Waals surface area contributed by atoms with Crippen LogP contribution < -0.4 is 9.62 Å². The molecule has 0 bridgehead atoms. The zero-order chi connectivity index (χ0) is 26.3. The molecule has 2 aromatic rings. The molecule has 2 amide bonds. The average molecular weight is 567 g/mol. The minimum atomic E-state index is -4.02. The van der Waals surface area contributed by atoms with E-state index in [1.807, 2.05) is 6.92 Å². The lowest BCUT2D eigenvalue weighted by molar-refractivity contribution is -0.139. The molecule has 0 heterocycles. The van der Waals surface area contributed by atoms with Crippen LogP contribution in [-0.2, 0) is 26.2 Å². The van der Waals surface area contributed by atoms with Crippen molar-refractivity contribution in [2.45, 2.75) is 39.3 Å². The fraction of sp³-hybridized carbons (Fsp3) is 0.391. The summed E-state index contributed by atoms with van der Waals surface area (Å²) in [5, 5.41) is 2.86. The zero-order valence-corrected chi connectivity index (χ0v) is 22.6. The summed E-state index contributed by atoms with van der Waals surface area (Å²) in [6.07, 6.45) is 2.51. The van der Waals surface area contributed by atoms with Crippen molar-refractivity contribution < 1.29 is 22.4 Å². The van der Waals surface area contributed by atoms with Crippen molar-refractivity contribution in [1.29, 1.82) is 0 Å². The van der Waals surface area contributed by atoms with E-state index in [1.165, 1.54) is 37.3 Å². The molecule has 35 heavy (non-hydrogen) atoms. The second-order valence-corrected chi connectivity index (χ2v) is 11.0. The Kier molecular flexibility index (Phi) is 10.6. The maximum Gasteiger partial charge on any atom is 0.244 e. The van der Waals surface area contributed by atoms with E-state index in [-0.39, 0.29) is 32.9 Å². The van der Waals surface area contributed by atoms with Crippen molar-refractivity contribution in [3.05, 3.63) is 62.8 Å². The number of hydrogen-bond acceptors (Lipinski definition) is 4. The van der Waals surface area contributed by atoms with Crippen LogP contribution in [-0.4, -0.2) is 50.5 Å². The number of benzene rings is 2. The van der Waals surface area contributed by atoms with Crippen LogP contribution in [0.4, 0.5) is 10.1 Å². The SMILES string of the molecule is CCCCNC(=O)C(C)N(Cc1ccccc1F)C(=O)CN(c1cc(Cl)c(Cl)cc1Cl)S(C)(=O)=O. The van der Waals surface area contributed by atoms with Gasteiger partial charge in [0.05, 0.1) is 27.0 Å². The Bertz CT molecular complexity index is 1180. The Morgan fingerprint density at radius 3 is 2.31 bits per heavy atom. The number of carbonyl (C=O) groups is 2. The quantitative estimate of drug-likeness (QED) is 0.310. The molecule has 1 atom stereocenters. The van der Waals surface area contributed by atoms with Crippen LogP contribution in [0.2, 0.25) is 15.1 Å². The molecule has 192 valence electrons. The highest BCUT2D eigenvalue weighted by atomic mass is 35.5. The highest BCUT2D eigenvalue weighted by Gasteiger charge is 2.31. The van der Waals surface area contributed by atoms with Gasteiger partial charge < -0.3 is 10.2 Å². The predicted molar refractivity (Wildman–Crippen MR) is 138 cm³/mol. The molecule has 0 fully saturated rings. The van der Waals surface area contributed by atoms with Crippen molar-refractivity contribution >= 4 is 62.3 Å². The van der Waals surface area contributed by atoms with Crippen LogP contribution in [0.15, 0.2) is 36.4 Å². The molecule has 0 saturated carbocycles. The van der Waals surface area contributed by atoms with Gasteiger partial charge in [-0.1, -0.05) is 66.3 Å². The Morgan fingerprint density at radius 2 is 1.71 bits per heavy atom. The van der Waals surface area contributed by atoms with Crippen LogP contribution in [0.25, 0.3) is 0 Å². The van der Waals surface area contributed by atoms with E-state index >= 15 is 0 Å². The van der Waals surface area contributed by atoms with E-state index in [0.717, 1.165) is 28.3 Å². The summed E-state index contributed by atoms with van der Waals surface area (Å²) in [5.41, 5.74) is 0.121. The maximum atomic E-state index is 14.4. The van der Waals surface area contributed by atoms with Gasteiger partial charge in [-0.2, -0.15) is 0 Å². The number of amides is 2. The maximum absolute atomic E-state index is 14.4. The van der Waals surface area contributed by atoms with E-state index in [1.54, 1.807) is 6.07 Å². The highest BCUT2D eigenvalue weighted by Crippen LogP contribution is 2.35. The second kappa shape index (κ2) is 12.8. The fourth-order valence-corrected chi connectivity index (χ4v) is 4.77. The summed E-state index contributed by atoms with van der Waals surface area (Å²) in [6.45, 7) is 2.93. The van der Waals surface area contributed by atoms with E-state index in [2.05, 4.69) is 5.32 Å². The van der Waals surface area contributed by atoms with Gasteiger partial charge in [0, 0.05) is 18.7 Å². The normalized spacial score (nSPS) is 12.2. The summed E-state index contributed by atoms with van der Waals surface area (Å²) in [7, 11) is -4.02. The number of hydrogen-bond donors (Lipinski definition) is 1. The Hall–Kier alpha value is -2.07. The lowest BCUT2D eigenvalue weighted by atomic mass is 10.1. The summed E-state index contributed by atoms with van der Waals surface area (Å²) < 4.78 is 40.4. The van der Waals surface area contributed by atoms with Gasteiger partial charge in [0.2, 0.25) is 21.8 Å². The second-order valence-electron chi connectivity index (χ2n) is 7.92. The summed E-state index contributed by atoms with van der Waals surface area (Å²) >= 11 is 18.2. The van der Waals surface area contributed by atoms with Gasteiger partial charge in [-0.15, -0.1) is 0 Å². The molecule has 1 N–H and O–H groups in total. The average Bonchev–Trinajstić information content (AvgIpc) is 2.78. The van der Waals surface area contributed by atoms with Gasteiger partial charge in [-0.05, 0) is 31.5 Å². The molecule has 0 saturated heterocycles. The molecule has 0 aliphatic carbocycles. The molecule has 1 unspecified atom stereocenters. The number of carbonyl (C=O) groups excluding carboxylic acids is 2. The van der Waals surface area contributed by atoms with Gasteiger partial charge in [-0.25, -0.2) is 12.8 Å². The van der Waals surface area contributed by atoms with E-state index in [0.29, 0.717) is 6.54 Å². The lowest BCUT2D eigenvalue weighted by Crippen LogP contribution is -2.51. The first-order valence-electron chi connectivity index (χ1n) is 10.8. The molecule has 7 nitrogen and oxygen atoms in total. The van der Waals surface area contributed by atoms with Crippen molar-refractivity contribution in [2.24, 2.45) is 0 Å². The third-order valence-corrected chi connectivity index (χ3v) is 7.38. The van der Waals surface area contributed by atoms with E-state index in [9.17, 15) is 22.4 Å². The lowest BCUT2D eigenvalue weighted by Gasteiger charge is -2.31. The molecule has 2 aromatic carbocycles. The van der Waals surface area contributed by atoms with Crippen LogP contribution >= 0.6 is 34.8 Å². The van der Waals surface area contributed by atoms with Crippen LogP contribution in [0, 0.1) is 5.82 Å². The first kappa shape index (κ1) is 29.2. The molecule has 12 heteroatoms. The number of nitrogens with zero attached hydrogens (tertiary/aromatic N) is 2. The van der Waals surface area contributed by atoms with Gasteiger partial charge in [-0.3, -0.25) is 13.9 Å². The van der Waals surface area contributed by atoms with Gasteiger partial charge >= 0.3 is 0 Å². The van der Waals surface area contributed by atoms with Gasteiger partial charge in [0.1, 0.15) is 18.4 Å². The summed E-state index contributed by atoms with van der Waals surface area (Å²) in [5.74, 6) is -1.74. The molecule has 0 aliphatic heterocycles. The third kappa shape index (κ3) is 7.96. The predicted octanol–water partition coefficient (Wildman–Crippen LogP) is 4.89. The standard InChI is InChI=1S/C23H27Cl3FN3O4S/c1-4-5-10-28-23(32)15(2)29(13-16-8-6-7-9-20(16)27)22(31)14-30(35(3,33)34)21-12-18(25)17(24)11-19(21)26/h6-9,11-12,15H,4-5,10,13-14H2,1-3H3,(H,28,32).